The number of rotatable bonds is 4. The second-order valence-electron chi connectivity index (χ2n) is 6.73. The van der Waals surface area contributed by atoms with Crippen molar-refractivity contribution < 1.29 is 9.53 Å². The van der Waals surface area contributed by atoms with Crippen molar-refractivity contribution in [3.05, 3.63) is 101 Å². The molecule has 1 atom stereocenters. The van der Waals surface area contributed by atoms with Crippen LogP contribution in [0.15, 0.2) is 78.9 Å². The number of fused-ring (bicyclic) bond motifs is 1. The van der Waals surface area contributed by atoms with Crippen molar-refractivity contribution in [2.45, 2.75) is 19.0 Å². The summed E-state index contributed by atoms with van der Waals surface area (Å²) in [5.41, 5.74) is 3.43. The molecule has 0 bridgehead atoms. The highest BCUT2D eigenvalue weighted by Crippen LogP contribution is 2.45. The van der Waals surface area contributed by atoms with Gasteiger partial charge in [0.2, 0.25) is 0 Å². The van der Waals surface area contributed by atoms with Crippen LogP contribution >= 0.6 is 0 Å². The summed E-state index contributed by atoms with van der Waals surface area (Å²) in [5, 5.41) is 0. The molecule has 0 fully saturated rings. The van der Waals surface area contributed by atoms with Crippen LogP contribution in [0.25, 0.3) is 0 Å². The highest BCUT2D eigenvalue weighted by atomic mass is 16.5. The van der Waals surface area contributed by atoms with E-state index in [1.807, 2.05) is 59.5 Å². The Hall–Kier alpha value is -3.07. The average Bonchev–Trinajstić information content (AvgIpc) is 2.92. The van der Waals surface area contributed by atoms with E-state index in [0.29, 0.717) is 6.54 Å². The van der Waals surface area contributed by atoms with Crippen molar-refractivity contribution in [2.24, 2.45) is 0 Å². The van der Waals surface area contributed by atoms with Crippen molar-refractivity contribution >= 4 is 5.91 Å². The van der Waals surface area contributed by atoms with Crippen LogP contribution in [-0.2, 0) is 12.1 Å². The number of methoxy groups -OCH3 is 1. The molecular formula is C23H21NO2. The van der Waals surface area contributed by atoms with Gasteiger partial charge in [-0.3, -0.25) is 4.79 Å². The molecule has 3 nitrogen and oxygen atoms in total. The smallest absolute Gasteiger partial charge is 0.255 e. The minimum atomic E-state index is -0.544. The predicted octanol–water partition coefficient (Wildman–Crippen LogP) is 4.61. The number of amides is 1. The number of hydrogen-bond acceptors (Lipinski definition) is 2. The summed E-state index contributed by atoms with van der Waals surface area (Å²) < 4.78 is 5.42. The third kappa shape index (κ3) is 2.48. The SMILES string of the molecule is COc1cccc(C2(C)c3ccccc3C(=O)N2Cc2ccccc2)c1. The number of nitrogens with zero attached hydrogens (tertiary/aromatic N) is 1. The monoisotopic (exact) mass is 343 g/mol. The summed E-state index contributed by atoms with van der Waals surface area (Å²) in [6, 6.07) is 26.0. The van der Waals surface area contributed by atoms with Crippen LogP contribution in [0.1, 0.15) is 34.0 Å². The third-order valence-corrected chi connectivity index (χ3v) is 5.28. The van der Waals surface area contributed by atoms with E-state index in [0.717, 1.165) is 28.0 Å². The number of benzene rings is 3. The molecule has 3 heteroatoms. The first-order chi connectivity index (χ1) is 12.6. The predicted molar refractivity (Wildman–Crippen MR) is 102 cm³/mol. The quantitative estimate of drug-likeness (QED) is 0.692. The van der Waals surface area contributed by atoms with Gasteiger partial charge in [-0.2, -0.15) is 0 Å². The van der Waals surface area contributed by atoms with Crippen LogP contribution in [0.4, 0.5) is 0 Å². The van der Waals surface area contributed by atoms with Gasteiger partial charge in [0.05, 0.1) is 12.6 Å². The van der Waals surface area contributed by atoms with Crippen molar-refractivity contribution in [2.75, 3.05) is 7.11 Å². The maximum atomic E-state index is 13.2. The fourth-order valence-electron chi connectivity index (χ4n) is 3.82. The molecule has 130 valence electrons. The van der Waals surface area contributed by atoms with E-state index in [1.165, 1.54) is 0 Å². The van der Waals surface area contributed by atoms with Gasteiger partial charge in [-0.1, -0.05) is 60.7 Å². The molecule has 0 N–H and O–H groups in total. The maximum absolute atomic E-state index is 13.2. The highest BCUT2D eigenvalue weighted by molar-refractivity contribution is 6.00. The highest BCUT2D eigenvalue weighted by Gasteiger charge is 2.47. The van der Waals surface area contributed by atoms with Gasteiger partial charge in [-0.15, -0.1) is 0 Å². The van der Waals surface area contributed by atoms with Crippen LogP contribution in [0, 0.1) is 0 Å². The van der Waals surface area contributed by atoms with Gasteiger partial charge < -0.3 is 9.64 Å². The van der Waals surface area contributed by atoms with Crippen LogP contribution in [-0.4, -0.2) is 17.9 Å². The second kappa shape index (κ2) is 6.34. The Balaban J connectivity index is 1.87. The van der Waals surface area contributed by atoms with E-state index in [4.69, 9.17) is 4.74 Å². The van der Waals surface area contributed by atoms with E-state index in [2.05, 4.69) is 31.2 Å². The number of carbonyl (C=O) groups excluding carboxylic acids is 1. The molecule has 1 unspecified atom stereocenters. The Morgan fingerprint density at radius 2 is 1.65 bits per heavy atom. The first-order valence-corrected chi connectivity index (χ1v) is 8.74. The summed E-state index contributed by atoms with van der Waals surface area (Å²) in [4.78, 5) is 15.2. The summed E-state index contributed by atoms with van der Waals surface area (Å²) in [6.07, 6.45) is 0. The lowest BCUT2D eigenvalue weighted by Gasteiger charge is -2.37. The minimum Gasteiger partial charge on any atom is -0.497 e. The first kappa shape index (κ1) is 16.4. The molecular weight excluding hydrogens is 322 g/mol. The van der Waals surface area contributed by atoms with E-state index in [9.17, 15) is 4.79 Å². The summed E-state index contributed by atoms with van der Waals surface area (Å²) in [7, 11) is 1.66. The van der Waals surface area contributed by atoms with Crippen LogP contribution in [0.2, 0.25) is 0 Å². The summed E-state index contributed by atoms with van der Waals surface area (Å²) in [5.74, 6) is 0.856. The Morgan fingerprint density at radius 1 is 0.923 bits per heavy atom. The molecule has 0 spiro atoms. The molecule has 4 rings (SSSR count). The van der Waals surface area contributed by atoms with E-state index >= 15 is 0 Å². The zero-order chi connectivity index (χ0) is 18.1. The molecule has 0 saturated carbocycles. The molecule has 26 heavy (non-hydrogen) atoms. The molecule has 1 aliphatic heterocycles. The fraction of sp³-hybridized carbons (Fsp3) is 0.174. The standard InChI is InChI=1S/C23H21NO2/c1-23(18-11-8-12-19(15-18)26-2)21-14-7-6-13-20(21)22(25)24(23)16-17-9-4-3-5-10-17/h3-15H,16H2,1-2H3. The molecule has 0 saturated heterocycles. The van der Waals surface area contributed by atoms with Gasteiger partial charge in [-0.05, 0) is 41.8 Å². The zero-order valence-electron chi connectivity index (χ0n) is 15.0. The van der Waals surface area contributed by atoms with Gasteiger partial charge in [0, 0.05) is 12.1 Å². The largest absolute Gasteiger partial charge is 0.497 e. The van der Waals surface area contributed by atoms with Crippen LogP contribution < -0.4 is 4.74 Å². The zero-order valence-corrected chi connectivity index (χ0v) is 15.0. The Bertz CT molecular complexity index is 951. The van der Waals surface area contributed by atoms with Crippen molar-refractivity contribution in [1.29, 1.82) is 0 Å². The van der Waals surface area contributed by atoms with E-state index in [-0.39, 0.29) is 5.91 Å². The van der Waals surface area contributed by atoms with Gasteiger partial charge in [0.1, 0.15) is 5.75 Å². The molecule has 1 aliphatic rings. The molecule has 3 aromatic carbocycles. The minimum absolute atomic E-state index is 0.0646. The topological polar surface area (TPSA) is 29.5 Å². The van der Waals surface area contributed by atoms with Crippen LogP contribution in [0.3, 0.4) is 0 Å². The van der Waals surface area contributed by atoms with Gasteiger partial charge in [0.25, 0.3) is 5.91 Å². The fourth-order valence-corrected chi connectivity index (χ4v) is 3.82. The number of ether oxygens (including phenoxy) is 1. The third-order valence-electron chi connectivity index (χ3n) is 5.28. The van der Waals surface area contributed by atoms with E-state index in [1.54, 1.807) is 7.11 Å². The Morgan fingerprint density at radius 3 is 2.42 bits per heavy atom. The molecule has 1 amide bonds. The van der Waals surface area contributed by atoms with Crippen molar-refractivity contribution in [3.63, 3.8) is 0 Å². The second-order valence-corrected chi connectivity index (χ2v) is 6.73. The number of hydrogen-bond donors (Lipinski definition) is 0. The summed E-state index contributed by atoms with van der Waals surface area (Å²) in [6.45, 7) is 2.68. The molecule has 0 radical (unpaired) electrons. The van der Waals surface area contributed by atoms with Gasteiger partial charge >= 0.3 is 0 Å². The molecule has 0 aromatic heterocycles. The lowest BCUT2D eigenvalue weighted by molar-refractivity contribution is 0.0629. The normalized spacial score (nSPS) is 18.7. The van der Waals surface area contributed by atoms with Crippen molar-refractivity contribution in [3.8, 4) is 5.75 Å². The van der Waals surface area contributed by atoms with Gasteiger partial charge in [0.15, 0.2) is 0 Å². The average molecular weight is 343 g/mol. The molecule has 1 heterocycles. The Labute approximate surface area is 153 Å². The number of carbonyl (C=O) groups is 1. The Kier molecular flexibility index (Phi) is 4.00. The molecule has 3 aromatic rings. The maximum Gasteiger partial charge on any atom is 0.255 e. The lowest BCUT2D eigenvalue weighted by atomic mass is 9.84. The first-order valence-electron chi connectivity index (χ1n) is 8.74. The van der Waals surface area contributed by atoms with Gasteiger partial charge in [-0.25, -0.2) is 0 Å². The van der Waals surface area contributed by atoms with E-state index < -0.39 is 5.54 Å². The molecule has 0 aliphatic carbocycles. The van der Waals surface area contributed by atoms with Crippen molar-refractivity contribution in [1.82, 2.24) is 4.90 Å². The summed E-state index contributed by atoms with van der Waals surface area (Å²) >= 11 is 0. The lowest BCUT2D eigenvalue weighted by Crippen LogP contribution is -2.41. The van der Waals surface area contributed by atoms with Crippen LogP contribution in [0.5, 0.6) is 5.75 Å².